The van der Waals surface area contributed by atoms with Crippen LogP contribution in [0.2, 0.25) is 0 Å². The molecule has 0 amide bonds. The van der Waals surface area contributed by atoms with Gasteiger partial charge in [-0.25, -0.2) is 9.59 Å². The number of hydrogen-bond acceptors (Lipinski definition) is 5. The maximum atomic E-state index is 11.4. The molecule has 0 aliphatic carbocycles. The largest absolute Gasteiger partial charge is 0.548 e. The van der Waals surface area contributed by atoms with Crippen LogP contribution in [0.3, 0.4) is 0 Å². The lowest BCUT2D eigenvalue weighted by Gasteiger charge is -2.15. The molecule has 92 valence electrons. The van der Waals surface area contributed by atoms with Crippen molar-refractivity contribution in [1.29, 1.82) is 0 Å². The van der Waals surface area contributed by atoms with Gasteiger partial charge in [-0.1, -0.05) is 18.2 Å². The summed E-state index contributed by atoms with van der Waals surface area (Å²) in [5.41, 5.74) is -0.394. The molecule has 17 heavy (non-hydrogen) atoms. The van der Waals surface area contributed by atoms with Crippen LogP contribution in [0.15, 0.2) is 30.3 Å². The van der Waals surface area contributed by atoms with Gasteiger partial charge in [0.1, 0.15) is 5.60 Å². The van der Waals surface area contributed by atoms with Crippen molar-refractivity contribution in [3.63, 3.8) is 0 Å². The summed E-state index contributed by atoms with van der Waals surface area (Å²) in [4.78, 5) is 31.5. The molecule has 1 rings (SSSR count). The van der Waals surface area contributed by atoms with Gasteiger partial charge in [0.05, 0.1) is 5.56 Å². The number of benzene rings is 1. The van der Waals surface area contributed by atoms with Gasteiger partial charge in [0.15, 0.2) is 0 Å². The summed E-state index contributed by atoms with van der Waals surface area (Å²) in [6, 6.07) is 8.12. The summed E-state index contributed by atoms with van der Waals surface area (Å²) in [6.07, 6.45) is -1.19. The molecular formula is C12H14O5. The van der Waals surface area contributed by atoms with Gasteiger partial charge < -0.3 is 4.74 Å². The number of carbonyl (C=O) groups excluding carboxylic acids is 2. The molecule has 1 aromatic rings. The van der Waals surface area contributed by atoms with Gasteiger partial charge in [-0.15, -0.1) is 0 Å². The summed E-state index contributed by atoms with van der Waals surface area (Å²) in [6.45, 7) is 5.08. The zero-order chi connectivity index (χ0) is 12.9. The average Bonchev–Trinajstić information content (AvgIpc) is 2.27. The van der Waals surface area contributed by atoms with E-state index in [1.54, 1.807) is 39.0 Å². The van der Waals surface area contributed by atoms with E-state index in [0.29, 0.717) is 0 Å². The lowest BCUT2D eigenvalue weighted by molar-refractivity contribution is -0.309. The van der Waals surface area contributed by atoms with Crippen molar-refractivity contribution in [3.8, 4) is 0 Å². The predicted octanol–water partition coefficient (Wildman–Crippen LogP) is 2.71. The first kappa shape index (κ1) is 13.2. The first-order valence-electron chi connectivity index (χ1n) is 5.05. The van der Waals surface area contributed by atoms with Crippen LogP contribution in [0.5, 0.6) is 0 Å². The summed E-state index contributed by atoms with van der Waals surface area (Å²) in [7, 11) is 0. The van der Waals surface area contributed by atoms with Crippen LogP contribution < -0.4 is 0 Å². The van der Waals surface area contributed by atoms with Gasteiger partial charge in [-0.2, -0.15) is 4.89 Å². The second-order valence-electron chi connectivity index (χ2n) is 4.28. The van der Waals surface area contributed by atoms with Crippen LogP contribution in [0.1, 0.15) is 31.1 Å². The minimum absolute atomic E-state index is 0.264. The Morgan fingerprint density at radius 2 is 1.65 bits per heavy atom. The van der Waals surface area contributed by atoms with Crippen LogP contribution in [-0.2, 0) is 14.5 Å². The third kappa shape index (κ3) is 5.12. The molecular weight excluding hydrogens is 224 g/mol. The highest BCUT2D eigenvalue weighted by atomic mass is 17.2. The van der Waals surface area contributed by atoms with E-state index in [1.165, 1.54) is 12.1 Å². The van der Waals surface area contributed by atoms with Gasteiger partial charge in [0.2, 0.25) is 0 Å². The average molecular weight is 238 g/mol. The quantitative estimate of drug-likeness (QED) is 0.343. The van der Waals surface area contributed by atoms with Gasteiger partial charge in [0.25, 0.3) is 0 Å². The van der Waals surface area contributed by atoms with Crippen LogP contribution in [0.25, 0.3) is 0 Å². The number of hydrogen-bond donors (Lipinski definition) is 0. The summed E-state index contributed by atoms with van der Waals surface area (Å²) in [5, 5.41) is 0. The minimum atomic E-state index is -1.19. The summed E-state index contributed by atoms with van der Waals surface area (Å²) >= 11 is 0. The Bertz CT molecular complexity index is 391. The normalized spacial score (nSPS) is 10.8. The van der Waals surface area contributed by atoms with Crippen molar-refractivity contribution in [1.82, 2.24) is 0 Å². The Labute approximate surface area is 99.2 Å². The molecule has 0 heterocycles. The van der Waals surface area contributed by atoms with E-state index in [9.17, 15) is 9.59 Å². The van der Waals surface area contributed by atoms with Gasteiger partial charge >= 0.3 is 12.1 Å². The van der Waals surface area contributed by atoms with Crippen molar-refractivity contribution < 1.29 is 24.1 Å². The van der Waals surface area contributed by atoms with Crippen LogP contribution in [0, 0.1) is 0 Å². The van der Waals surface area contributed by atoms with Crippen LogP contribution in [-0.4, -0.2) is 17.7 Å². The fourth-order valence-corrected chi connectivity index (χ4v) is 0.885. The Morgan fingerprint density at radius 1 is 1.06 bits per heavy atom. The molecule has 0 radical (unpaired) electrons. The molecule has 0 N–H and O–H groups in total. The van der Waals surface area contributed by atoms with Crippen LogP contribution in [0.4, 0.5) is 4.79 Å². The molecule has 0 unspecified atom stereocenters. The minimum Gasteiger partial charge on any atom is -0.355 e. The van der Waals surface area contributed by atoms with Crippen molar-refractivity contribution in [2.24, 2.45) is 0 Å². The zero-order valence-corrected chi connectivity index (χ0v) is 9.93. The second kappa shape index (κ2) is 5.45. The topological polar surface area (TPSA) is 61.8 Å². The zero-order valence-electron chi connectivity index (χ0n) is 9.93. The fraction of sp³-hybridized carbons (Fsp3) is 0.333. The van der Waals surface area contributed by atoms with E-state index >= 15 is 0 Å². The van der Waals surface area contributed by atoms with E-state index in [1.807, 2.05) is 0 Å². The number of ether oxygens (including phenoxy) is 1. The monoisotopic (exact) mass is 238 g/mol. The third-order valence-electron chi connectivity index (χ3n) is 1.55. The molecule has 0 aromatic heterocycles. The summed E-state index contributed by atoms with van der Waals surface area (Å²) in [5.74, 6) is -0.784. The van der Waals surface area contributed by atoms with Crippen molar-refractivity contribution in [2.45, 2.75) is 26.4 Å². The second-order valence-corrected chi connectivity index (χ2v) is 4.28. The Kier molecular flexibility index (Phi) is 4.23. The third-order valence-corrected chi connectivity index (χ3v) is 1.55. The summed E-state index contributed by atoms with van der Waals surface area (Å²) < 4.78 is 4.41. The molecule has 0 aliphatic heterocycles. The molecule has 0 bridgehead atoms. The lowest BCUT2D eigenvalue weighted by atomic mass is 10.2. The Hall–Kier alpha value is -1.88. The molecule has 0 aliphatic rings. The molecule has 0 fully saturated rings. The molecule has 0 saturated carbocycles. The predicted molar refractivity (Wildman–Crippen MR) is 59.2 cm³/mol. The molecule has 0 spiro atoms. The standard InChI is InChI=1S/C12H14O5/c1-12(2,3)17-16-11(14)15-10(13)9-7-5-4-6-8-9/h4-8H,1-3H3. The molecule has 1 aromatic carbocycles. The molecule has 5 heteroatoms. The number of rotatable bonds is 2. The maximum Gasteiger partial charge on any atom is 0.548 e. The smallest absolute Gasteiger partial charge is 0.355 e. The fourth-order valence-electron chi connectivity index (χ4n) is 0.885. The maximum absolute atomic E-state index is 11.4. The van der Waals surface area contributed by atoms with E-state index in [-0.39, 0.29) is 5.56 Å². The van der Waals surface area contributed by atoms with E-state index in [2.05, 4.69) is 9.62 Å². The van der Waals surface area contributed by atoms with E-state index in [4.69, 9.17) is 4.89 Å². The molecule has 0 saturated heterocycles. The Balaban J connectivity index is 2.45. The van der Waals surface area contributed by atoms with Crippen LogP contribution >= 0.6 is 0 Å². The first-order chi connectivity index (χ1) is 7.88. The molecule has 5 nitrogen and oxygen atoms in total. The van der Waals surface area contributed by atoms with Gasteiger partial charge in [-0.05, 0) is 32.9 Å². The highest BCUT2D eigenvalue weighted by Gasteiger charge is 2.19. The van der Waals surface area contributed by atoms with Crippen molar-refractivity contribution in [3.05, 3.63) is 35.9 Å². The van der Waals surface area contributed by atoms with Gasteiger partial charge in [-0.3, -0.25) is 4.89 Å². The highest BCUT2D eigenvalue weighted by molar-refractivity contribution is 5.95. The van der Waals surface area contributed by atoms with E-state index < -0.39 is 17.7 Å². The molecule has 0 atom stereocenters. The number of carbonyl (C=O) groups is 2. The lowest BCUT2D eigenvalue weighted by Crippen LogP contribution is -2.23. The van der Waals surface area contributed by atoms with Gasteiger partial charge in [0, 0.05) is 0 Å². The highest BCUT2D eigenvalue weighted by Crippen LogP contribution is 2.08. The first-order valence-corrected chi connectivity index (χ1v) is 5.05. The SMILES string of the molecule is CC(C)(C)OOC(=O)OC(=O)c1ccccc1. The number of esters is 1. The Morgan fingerprint density at radius 3 is 2.18 bits per heavy atom. The van der Waals surface area contributed by atoms with E-state index in [0.717, 1.165) is 0 Å². The van der Waals surface area contributed by atoms with Crippen molar-refractivity contribution in [2.75, 3.05) is 0 Å². The van der Waals surface area contributed by atoms with Crippen molar-refractivity contribution >= 4 is 12.1 Å².